The molecule has 0 unspecified atom stereocenters. The topological polar surface area (TPSA) is 87.7 Å². The Bertz CT molecular complexity index is 891. The maximum Gasteiger partial charge on any atom is 0.265 e. The molecule has 0 aliphatic carbocycles. The van der Waals surface area contributed by atoms with Gasteiger partial charge in [0.1, 0.15) is 10.6 Å². The Morgan fingerprint density at radius 2 is 2.31 bits per heavy atom. The molecule has 3 aromatic heterocycles. The highest BCUT2D eigenvalue weighted by molar-refractivity contribution is 7.11. The molecule has 1 fully saturated rings. The number of carbonyl (C=O) groups is 1. The molecule has 4 rings (SSSR count). The monoisotopic (exact) mass is 368 g/mol. The summed E-state index contributed by atoms with van der Waals surface area (Å²) in [4.78, 5) is 35.9. The van der Waals surface area contributed by atoms with E-state index in [9.17, 15) is 4.79 Å². The maximum atomic E-state index is 12.7. The zero-order valence-electron chi connectivity index (χ0n) is 14.6. The number of nitrogens with zero attached hydrogens (tertiary/aromatic N) is 5. The number of hydrogen-bond donors (Lipinski definition) is 1. The smallest absolute Gasteiger partial charge is 0.265 e. The number of likely N-dealkylation sites (tertiary alicyclic amines) is 1. The lowest BCUT2D eigenvalue weighted by Gasteiger charge is -2.32. The van der Waals surface area contributed by atoms with Crippen LogP contribution in [0.4, 0.5) is 0 Å². The fourth-order valence-corrected chi connectivity index (χ4v) is 4.16. The van der Waals surface area contributed by atoms with Crippen LogP contribution >= 0.6 is 11.3 Å². The van der Waals surface area contributed by atoms with E-state index in [1.54, 1.807) is 30.3 Å². The van der Waals surface area contributed by atoms with Crippen LogP contribution in [0.1, 0.15) is 33.9 Å². The van der Waals surface area contributed by atoms with Gasteiger partial charge in [0.15, 0.2) is 5.82 Å². The first-order valence-corrected chi connectivity index (χ1v) is 9.58. The highest BCUT2D eigenvalue weighted by Gasteiger charge is 2.26. The molecular weight excluding hydrogens is 348 g/mol. The van der Waals surface area contributed by atoms with Crippen LogP contribution in [0.5, 0.6) is 0 Å². The van der Waals surface area contributed by atoms with Crippen molar-refractivity contribution in [2.45, 2.75) is 26.2 Å². The predicted octanol–water partition coefficient (Wildman–Crippen LogP) is 2.73. The molecule has 4 heterocycles. The predicted molar refractivity (Wildman–Crippen MR) is 98.8 cm³/mol. The normalized spacial score (nSPS) is 17.4. The summed E-state index contributed by atoms with van der Waals surface area (Å²) in [5.74, 6) is 1.22. The summed E-state index contributed by atoms with van der Waals surface area (Å²) in [6.45, 7) is 3.45. The number of amides is 1. The third kappa shape index (κ3) is 3.50. The number of aromatic amines is 1. The molecule has 0 aromatic carbocycles. The lowest BCUT2D eigenvalue weighted by Crippen LogP contribution is -2.40. The summed E-state index contributed by atoms with van der Waals surface area (Å²) in [5, 5.41) is 0. The Morgan fingerprint density at radius 3 is 3.08 bits per heavy atom. The largest absolute Gasteiger partial charge is 0.343 e. The second-order valence-corrected chi connectivity index (χ2v) is 7.42. The Morgan fingerprint density at radius 1 is 1.38 bits per heavy atom. The first-order valence-electron chi connectivity index (χ1n) is 8.70. The van der Waals surface area contributed by atoms with Crippen LogP contribution in [0.15, 0.2) is 30.3 Å². The number of carbonyl (C=O) groups excluding carboxylic acids is 1. The number of thiazole rings is 1. The van der Waals surface area contributed by atoms with E-state index in [0.29, 0.717) is 5.92 Å². The molecule has 1 N–H and O–H groups in total. The molecule has 134 valence electrons. The van der Waals surface area contributed by atoms with E-state index >= 15 is 0 Å². The van der Waals surface area contributed by atoms with Gasteiger partial charge in [0.2, 0.25) is 0 Å². The lowest BCUT2D eigenvalue weighted by molar-refractivity contribution is 0.0676. The first-order chi connectivity index (χ1) is 12.7. The standard InChI is InChI=1S/C18H20N6OS/c1-12-16(26-11-22-12)18(25)24-6-2-3-13(10-24)7-14-8-19-9-15(23-14)17-20-4-5-21-17/h4-5,8-9,11,13H,2-3,6-7,10H2,1H3,(H,20,21)/t13-/m1/s1. The first kappa shape index (κ1) is 16.8. The molecular formula is C18H20N6OS. The highest BCUT2D eigenvalue weighted by atomic mass is 32.1. The van der Waals surface area contributed by atoms with Gasteiger partial charge in [-0.1, -0.05) is 0 Å². The van der Waals surface area contributed by atoms with E-state index in [1.165, 1.54) is 11.3 Å². The maximum absolute atomic E-state index is 12.7. The van der Waals surface area contributed by atoms with Gasteiger partial charge in [-0.05, 0) is 32.1 Å². The molecule has 0 bridgehead atoms. The van der Waals surface area contributed by atoms with Gasteiger partial charge < -0.3 is 9.88 Å². The second-order valence-electron chi connectivity index (χ2n) is 6.56. The average Bonchev–Trinajstić information content (AvgIpc) is 3.33. The molecule has 0 saturated carbocycles. The van der Waals surface area contributed by atoms with E-state index < -0.39 is 0 Å². The van der Waals surface area contributed by atoms with E-state index in [-0.39, 0.29) is 5.91 Å². The minimum atomic E-state index is 0.102. The summed E-state index contributed by atoms with van der Waals surface area (Å²) in [7, 11) is 0. The summed E-state index contributed by atoms with van der Waals surface area (Å²) in [6.07, 6.45) is 9.92. The number of imidazole rings is 1. The molecule has 1 aliphatic rings. The van der Waals surface area contributed by atoms with Gasteiger partial charge in [0, 0.05) is 31.7 Å². The van der Waals surface area contributed by atoms with Crippen molar-refractivity contribution >= 4 is 17.2 Å². The minimum absolute atomic E-state index is 0.102. The Balaban J connectivity index is 1.45. The second kappa shape index (κ2) is 7.33. The van der Waals surface area contributed by atoms with Crippen LogP contribution < -0.4 is 0 Å². The molecule has 26 heavy (non-hydrogen) atoms. The summed E-state index contributed by atoms with van der Waals surface area (Å²) < 4.78 is 0. The third-order valence-corrected chi connectivity index (χ3v) is 5.59. The Labute approximate surface area is 155 Å². The van der Waals surface area contributed by atoms with Crippen molar-refractivity contribution in [2.24, 2.45) is 5.92 Å². The molecule has 3 aromatic rings. The molecule has 1 amide bonds. The minimum Gasteiger partial charge on any atom is -0.343 e. The average molecular weight is 368 g/mol. The number of H-pyrrole nitrogens is 1. The number of aryl methyl sites for hydroxylation is 1. The number of hydrogen-bond acceptors (Lipinski definition) is 6. The molecule has 7 nitrogen and oxygen atoms in total. The summed E-state index contributed by atoms with van der Waals surface area (Å²) in [6, 6.07) is 0. The molecule has 0 radical (unpaired) electrons. The van der Waals surface area contributed by atoms with Crippen molar-refractivity contribution in [1.82, 2.24) is 29.8 Å². The van der Waals surface area contributed by atoms with Crippen LogP contribution in [0.3, 0.4) is 0 Å². The van der Waals surface area contributed by atoms with E-state index in [4.69, 9.17) is 0 Å². The third-order valence-electron chi connectivity index (χ3n) is 4.67. The zero-order valence-corrected chi connectivity index (χ0v) is 15.4. The molecule has 0 spiro atoms. The number of piperidine rings is 1. The van der Waals surface area contributed by atoms with Gasteiger partial charge in [-0.25, -0.2) is 15.0 Å². The lowest BCUT2D eigenvalue weighted by atomic mass is 9.93. The van der Waals surface area contributed by atoms with Crippen molar-refractivity contribution in [3.63, 3.8) is 0 Å². The quantitative estimate of drug-likeness (QED) is 0.765. The Hall–Kier alpha value is -2.61. The highest BCUT2D eigenvalue weighted by Crippen LogP contribution is 2.24. The molecule has 1 saturated heterocycles. The molecule has 1 aliphatic heterocycles. The number of rotatable bonds is 4. The SMILES string of the molecule is Cc1ncsc1C(=O)N1CCC[C@H](Cc2cncc(-c3ncc[nH]3)n2)C1. The summed E-state index contributed by atoms with van der Waals surface area (Å²) in [5.41, 5.74) is 4.24. The van der Waals surface area contributed by atoms with Crippen molar-refractivity contribution in [2.75, 3.05) is 13.1 Å². The van der Waals surface area contributed by atoms with Crippen molar-refractivity contribution in [1.29, 1.82) is 0 Å². The van der Waals surface area contributed by atoms with Gasteiger partial charge in [-0.3, -0.25) is 9.78 Å². The zero-order chi connectivity index (χ0) is 17.9. The van der Waals surface area contributed by atoms with Gasteiger partial charge in [-0.2, -0.15) is 0 Å². The van der Waals surface area contributed by atoms with Gasteiger partial charge >= 0.3 is 0 Å². The van der Waals surface area contributed by atoms with Crippen LogP contribution in [0.2, 0.25) is 0 Å². The Kier molecular flexibility index (Phi) is 4.75. The van der Waals surface area contributed by atoms with Crippen LogP contribution in [0, 0.1) is 12.8 Å². The summed E-state index contributed by atoms with van der Waals surface area (Å²) >= 11 is 1.42. The van der Waals surface area contributed by atoms with Crippen molar-refractivity contribution in [3.05, 3.63) is 46.6 Å². The van der Waals surface area contributed by atoms with Crippen molar-refractivity contribution < 1.29 is 4.79 Å². The number of aromatic nitrogens is 5. The fraction of sp³-hybridized carbons (Fsp3) is 0.389. The fourth-order valence-electron chi connectivity index (χ4n) is 3.39. The van der Waals surface area contributed by atoms with E-state index in [1.807, 2.05) is 11.8 Å². The van der Waals surface area contributed by atoms with E-state index in [0.717, 1.165) is 60.1 Å². The molecule has 1 atom stereocenters. The van der Waals surface area contributed by atoms with Crippen LogP contribution in [0.25, 0.3) is 11.5 Å². The van der Waals surface area contributed by atoms with E-state index in [2.05, 4.69) is 24.9 Å². The van der Waals surface area contributed by atoms with Gasteiger partial charge in [0.05, 0.1) is 23.1 Å². The van der Waals surface area contributed by atoms with Crippen LogP contribution in [-0.4, -0.2) is 48.8 Å². The van der Waals surface area contributed by atoms with Crippen LogP contribution in [-0.2, 0) is 6.42 Å². The molecule has 8 heteroatoms. The van der Waals surface area contributed by atoms with Crippen molar-refractivity contribution in [3.8, 4) is 11.5 Å². The van der Waals surface area contributed by atoms with Gasteiger partial charge in [-0.15, -0.1) is 11.3 Å². The number of nitrogens with one attached hydrogen (secondary N) is 1. The van der Waals surface area contributed by atoms with Gasteiger partial charge in [0.25, 0.3) is 5.91 Å².